The summed E-state index contributed by atoms with van der Waals surface area (Å²) >= 11 is 1.66. The molecule has 1 N–H and O–H groups in total. The first-order valence-corrected chi connectivity index (χ1v) is 9.48. The minimum Gasteiger partial charge on any atom is -0.465 e. The van der Waals surface area contributed by atoms with E-state index in [-0.39, 0.29) is 5.91 Å². The molecule has 0 aromatic carbocycles. The minimum atomic E-state index is -0.418. The number of aryl methyl sites for hydroxylation is 2. The van der Waals surface area contributed by atoms with E-state index in [1.54, 1.807) is 25.2 Å². The van der Waals surface area contributed by atoms with Crippen molar-refractivity contribution in [1.29, 1.82) is 0 Å². The molecule has 26 heavy (non-hydrogen) atoms. The molecule has 7 nitrogen and oxygen atoms in total. The number of aromatic amines is 1. The number of aromatic nitrogens is 2. The van der Waals surface area contributed by atoms with Crippen LogP contribution < -0.4 is 0 Å². The molecule has 3 rings (SSSR count). The molecule has 0 aliphatic carbocycles. The van der Waals surface area contributed by atoms with Gasteiger partial charge < -0.3 is 14.6 Å². The molecule has 8 heteroatoms. The summed E-state index contributed by atoms with van der Waals surface area (Å²) in [5, 5.41) is 3.17. The predicted octanol–water partition coefficient (Wildman–Crippen LogP) is 2.14. The van der Waals surface area contributed by atoms with E-state index in [1.807, 2.05) is 11.8 Å². The SMILES string of the molecule is COC(=O)c1c(C)[nH]c(C(=O)N2CCN(Cc3csc(C)n3)CC2)c1C. The van der Waals surface area contributed by atoms with Crippen LogP contribution in [0, 0.1) is 20.8 Å². The van der Waals surface area contributed by atoms with Crippen molar-refractivity contribution in [2.24, 2.45) is 0 Å². The molecule has 1 amide bonds. The zero-order valence-corrected chi connectivity index (χ0v) is 16.4. The van der Waals surface area contributed by atoms with Crippen LogP contribution in [0.5, 0.6) is 0 Å². The Morgan fingerprint density at radius 3 is 2.50 bits per heavy atom. The van der Waals surface area contributed by atoms with Crippen molar-refractivity contribution < 1.29 is 14.3 Å². The van der Waals surface area contributed by atoms with Gasteiger partial charge in [0.15, 0.2) is 0 Å². The molecule has 0 saturated carbocycles. The van der Waals surface area contributed by atoms with Gasteiger partial charge in [-0.25, -0.2) is 9.78 Å². The van der Waals surface area contributed by atoms with Crippen LogP contribution in [0.2, 0.25) is 0 Å². The van der Waals surface area contributed by atoms with Crippen LogP contribution in [0.4, 0.5) is 0 Å². The van der Waals surface area contributed by atoms with Gasteiger partial charge in [0.1, 0.15) is 5.69 Å². The second-order valence-corrected chi connectivity index (χ2v) is 7.61. The number of thiazole rings is 1. The summed E-state index contributed by atoms with van der Waals surface area (Å²) in [5.41, 5.74) is 3.33. The van der Waals surface area contributed by atoms with Gasteiger partial charge in [-0.05, 0) is 26.3 Å². The largest absolute Gasteiger partial charge is 0.465 e. The number of amides is 1. The third-order valence-electron chi connectivity index (χ3n) is 4.75. The molecule has 0 atom stereocenters. The first kappa shape index (κ1) is 18.6. The molecule has 2 aromatic heterocycles. The fourth-order valence-electron chi connectivity index (χ4n) is 3.35. The Balaban J connectivity index is 1.64. The quantitative estimate of drug-likeness (QED) is 0.827. The van der Waals surface area contributed by atoms with E-state index < -0.39 is 5.97 Å². The Bertz CT molecular complexity index is 819. The number of carbonyl (C=O) groups excluding carboxylic acids is 2. The lowest BCUT2D eigenvalue weighted by atomic mass is 10.1. The van der Waals surface area contributed by atoms with E-state index in [2.05, 4.69) is 20.2 Å². The fraction of sp³-hybridized carbons (Fsp3) is 0.500. The number of piperazine rings is 1. The lowest BCUT2D eigenvalue weighted by Crippen LogP contribution is -2.48. The molecule has 2 aromatic rings. The van der Waals surface area contributed by atoms with E-state index in [0.29, 0.717) is 35.6 Å². The van der Waals surface area contributed by atoms with Crippen LogP contribution in [0.25, 0.3) is 0 Å². The topological polar surface area (TPSA) is 78.5 Å². The number of hydrogen-bond donors (Lipinski definition) is 1. The number of nitrogens with one attached hydrogen (secondary N) is 1. The number of nitrogens with zero attached hydrogens (tertiary/aromatic N) is 3. The minimum absolute atomic E-state index is 0.0649. The third-order valence-corrected chi connectivity index (χ3v) is 5.57. The van der Waals surface area contributed by atoms with Crippen molar-refractivity contribution in [3.8, 4) is 0 Å². The van der Waals surface area contributed by atoms with Gasteiger partial charge in [0.05, 0.1) is 23.4 Å². The number of rotatable bonds is 4. The predicted molar refractivity (Wildman–Crippen MR) is 99.6 cm³/mol. The van der Waals surface area contributed by atoms with E-state index in [1.165, 1.54) is 7.11 Å². The van der Waals surface area contributed by atoms with Crippen molar-refractivity contribution in [2.45, 2.75) is 27.3 Å². The monoisotopic (exact) mass is 376 g/mol. The smallest absolute Gasteiger partial charge is 0.339 e. The molecule has 140 valence electrons. The number of hydrogen-bond acceptors (Lipinski definition) is 6. The maximum absolute atomic E-state index is 12.9. The highest BCUT2D eigenvalue weighted by atomic mass is 32.1. The van der Waals surface area contributed by atoms with Crippen LogP contribution in [0.1, 0.15) is 42.8 Å². The van der Waals surface area contributed by atoms with Gasteiger partial charge >= 0.3 is 5.97 Å². The van der Waals surface area contributed by atoms with Crippen molar-refractivity contribution >= 4 is 23.2 Å². The van der Waals surface area contributed by atoms with Gasteiger partial charge in [0.2, 0.25) is 0 Å². The van der Waals surface area contributed by atoms with Gasteiger partial charge in [-0.1, -0.05) is 0 Å². The average Bonchev–Trinajstić information content (AvgIpc) is 3.17. The molecule has 0 unspecified atom stereocenters. The van der Waals surface area contributed by atoms with Crippen molar-refractivity contribution in [3.05, 3.63) is 38.6 Å². The number of H-pyrrole nitrogens is 1. The van der Waals surface area contributed by atoms with Crippen LogP contribution in [-0.4, -0.2) is 64.9 Å². The van der Waals surface area contributed by atoms with Gasteiger partial charge in [-0.2, -0.15) is 0 Å². The molecule has 0 spiro atoms. The van der Waals surface area contributed by atoms with Gasteiger partial charge in [0.25, 0.3) is 5.91 Å². The Hall–Kier alpha value is -2.19. The Labute approximate surface area is 157 Å². The normalized spacial score (nSPS) is 15.3. The molecule has 1 aliphatic heterocycles. The van der Waals surface area contributed by atoms with Crippen molar-refractivity contribution in [3.63, 3.8) is 0 Å². The molecule has 1 fully saturated rings. The Morgan fingerprint density at radius 1 is 1.23 bits per heavy atom. The summed E-state index contributed by atoms with van der Waals surface area (Å²) in [6.07, 6.45) is 0. The highest BCUT2D eigenvalue weighted by Gasteiger charge is 2.28. The van der Waals surface area contributed by atoms with Crippen LogP contribution >= 0.6 is 11.3 Å². The standard InChI is InChI=1S/C18H24N4O3S/c1-11-15(18(24)25-4)12(2)19-16(11)17(23)22-7-5-21(6-8-22)9-14-10-26-13(3)20-14/h10,19H,5-9H2,1-4H3. The van der Waals surface area contributed by atoms with Crippen LogP contribution in [-0.2, 0) is 11.3 Å². The summed E-state index contributed by atoms with van der Waals surface area (Å²) in [5.74, 6) is -0.483. The maximum Gasteiger partial charge on any atom is 0.339 e. The molecular formula is C18H24N4O3S. The highest BCUT2D eigenvalue weighted by molar-refractivity contribution is 7.09. The van der Waals surface area contributed by atoms with Crippen molar-refractivity contribution in [1.82, 2.24) is 19.8 Å². The lowest BCUT2D eigenvalue weighted by molar-refractivity contribution is 0.0599. The molecule has 3 heterocycles. The summed E-state index contributed by atoms with van der Waals surface area (Å²) < 4.78 is 4.81. The first-order valence-electron chi connectivity index (χ1n) is 8.60. The van der Waals surface area contributed by atoms with Gasteiger partial charge in [-0.15, -0.1) is 11.3 Å². The molecule has 1 aliphatic rings. The van der Waals surface area contributed by atoms with Gasteiger partial charge in [0, 0.05) is 43.8 Å². The number of esters is 1. The first-order chi connectivity index (χ1) is 12.4. The zero-order valence-electron chi connectivity index (χ0n) is 15.6. The number of ether oxygens (including phenoxy) is 1. The second kappa shape index (κ2) is 7.59. The number of carbonyl (C=O) groups is 2. The van der Waals surface area contributed by atoms with E-state index in [9.17, 15) is 9.59 Å². The van der Waals surface area contributed by atoms with Crippen LogP contribution in [0.15, 0.2) is 5.38 Å². The molecule has 0 radical (unpaired) electrons. The van der Waals surface area contributed by atoms with Crippen LogP contribution in [0.3, 0.4) is 0 Å². The molecule has 1 saturated heterocycles. The van der Waals surface area contributed by atoms with E-state index in [4.69, 9.17) is 4.74 Å². The summed E-state index contributed by atoms with van der Waals surface area (Å²) in [6.45, 7) is 9.33. The van der Waals surface area contributed by atoms with E-state index >= 15 is 0 Å². The second-order valence-electron chi connectivity index (χ2n) is 6.54. The fourth-order valence-corrected chi connectivity index (χ4v) is 3.95. The molecule has 0 bridgehead atoms. The molecular weight excluding hydrogens is 352 g/mol. The van der Waals surface area contributed by atoms with Crippen molar-refractivity contribution in [2.75, 3.05) is 33.3 Å². The summed E-state index contributed by atoms with van der Waals surface area (Å²) in [4.78, 5) is 36.5. The zero-order chi connectivity index (χ0) is 18.8. The summed E-state index contributed by atoms with van der Waals surface area (Å²) in [7, 11) is 1.35. The average molecular weight is 376 g/mol. The maximum atomic E-state index is 12.9. The summed E-state index contributed by atoms with van der Waals surface area (Å²) in [6, 6.07) is 0. The highest BCUT2D eigenvalue weighted by Crippen LogP contribution is 2.21. The Morgan fingerprint density at radius 2 is 1.92 bits per heavy atom. The van der Waals surface area contributed by atoms with Gasteiger partial charge in [-0.3, -0.25) is 9.69 Å². The lowest BCUT2D eigenvalue weighted by Gasteiger charge is -2.34. The third kappa shape index (κ3) is 3.66. The Kier molecular flexibility index (Phi) is 5.43. The number of methoxy groups -OCH3 is 1. The van der Waals surface area contributed by atoms with E-state index in [0.717, 1.165) is 30.3 Å².